The summed E-state index contributed by atoms with van der Waals surface area (Å²) in [6.45, 7) is 8.09. The minimum atomic E-state index is -0.121. The largest absolute Gasteiger partial charge is 0.339 e. The lowest BCUT2D eigenvalue weighted by molar-refractivity contribution is -0.116. The van der Waals surface area contributed by atoms with Crippen molar-refractivity contribution in [2.75, 3.05) is 5.32 Å². The Morgan fingerprint density at radius 1 is 1.27 bits per heavy atom. The van der Waals surface area contributed by atoms with E-state index in [-0.39, 0.29) is 11.3 Å². The zero-order valence-electron chi connectivity index (χ0n) is 13.6. The number of amides is 1. The second-order valence-corrected chi connectivity index (χ2v) is 6.48. The average Bonchev–Trinajstić information content (AvgIpc) is 2.90. The van der Waals surface area contributed by atoms with Crippen molar-refractivity contribution in [2.45, 2.75) is 52.4 Å². The van der Waals surface area contributed by atoms with Gasteiger partial charge in [0.1, 0.15) is 0 Å². The first-order valence-electron chi connectivity index (χ1n) is 7.55. The molecule has 0 radical (unpaired) electrons. The molecule has 0 aliphatic heterocycles. The lowest BCUT2D eigenvalue weighted by Crippen LogP contribution is -2.13. The average molecular weight is 301 g/mol. The third-order valence-electron chi connectivity index (χ3n) is 3.35. The van der Waals surface area contributed by atoms with Crippen LogP contribution in [0.2, 0.25) is 0 Å². The van der Waals surface area contributed by atoms with Gasteiger partial charge in [0, 0.05) is 23.9 Å². The highest BCUT2D eigenvalue weighted by Crippen LogP contribution is 2.19. The Hall–Kier alpha value is -2.17. The quantitative estimate of drug-likeness (QED) is 0.915. The molecule has 0 unspecified atom stereocenters. The first kappa shape index (κ1) is 16.2. The van der Waals surface area contributed by atoms with Crippen molar-refractivity contribution in [3.05, 3.63) is 41.5 Å². The van der Waals surface area contributed by atoms with E-state index in [1.165, 1.54) is 0 Å². The van der Waals surface area contributed by atoms with Gasteiger partial charge >= 0.3 is 0 Å². The molecule has 2 aromatic rings. The monoisotopic (exact) mass is 301 g/mol. The van der Waals surface area contributed by atoms with Crippen LogP contribution in [0.5, 0.6) is 0 Å². The number of carbonyl (C=O) groups is 1. The van der Waals surface area contributed by atoms with Crippen LogP contribution in [0.4, 0.5) is 5.69 Å². The van der Waals surface area contributed by atoms with E-state index < -0.39 is 0 Å². The summed E-state index contributed by atoms with van der Waals surface area (Å²) in [6, 6.07) is 7.74. The maximum absolute atomic E-state index is 11.9. The molecule has 0 fully saturated rings. The van der Waals surface area contributed by atoms with Crippen molar-refractivity contribution in [1.29, 1.82) is 0 Å². The number of hydrogen-bond acceptors (Lipinski definition) is 4. The van der Waals surface area contributed by atoms with Gasteiger partial charge in [0.2, 0.25) is 11.8 Å². The number of rotatable bonds is 5. The first-order chi connectivity index (χ1) is 10.4. The Kier molecular flexibility index (Phi) is 4.96. The number of anilines is 1. The minimum Gasteiger partial charge on any atom is -0.339 e. The standard InChI is InChI=1S/C17H23N3O2/c1-12-8-5-6-9-13(12)18-14(21)10-7-11-15-19-16(20-22-15)17(2,3)4/h5-6,8-9H,7,10-11H2,1-4H3,(H,18,21). The number of nitrogens with zero attached hydrogens (tertiary/aromatic N) is 2. The SMILES string of the molecule is Cc1ccccc1NC(=O)CCCc1nc(C(C)(C)C)no1. The van der Waals surface area contributed by atoms with Gasteiger partial charge in [0.05, 0.1) is 0 Å². The van der Waals surface area contributed by atoms with E-state index in [1.807, 2.05) is 52.0 Å². The smallest absolute Gasteiger partial charge is 0.226 e. The Balaban J connectivity index is 1.80. The molecule has 118 valence electrons. The fourth-order valence-electron chi connectivity index (χ4n) is 1.99. The van der Waals surface area contributed by atoms with Gasteiger partial charge in [0.15, 0.2) is 5.82 Å². The summed E-state index contributed by atoms with van der Waals surface area (Å²) in [4.78, 5) is 16.3. The third-order valence-corrected chi connectivity index (χ3v) is 3.35. The molecule has 0 aliphatic rings. The van der Waals surface area contributed by atoms with Crippen LogP contribution in [0.15, 0.2) is 28.8 Å². The molecule has 0 saturated heterocycles. The van der Waals surface area contributed by atoms with Crippen LogP contribution in [0, 0.1) is 6.92 Å². The Labute approximate surface area is 131 Å². The predicted octanol–water partition coefficient (Wildman–Crippen LogP) is 3.64. The van der Waals surface area contributed by atoms with Crippen LogP contribution in [-0.2, 0) is 16.6 Å². The van der Waals surface area contributed by atoms with Crippen molar-refractivity contribution >= 4 is 11.6 Å². The minimum absolute atomic E-state index is 0.00450. The summed E-state index contributed by atoms with van der Waals surface area (Å²) in [6.07, 6.45) is 1.73. The van der Waals surface area contributed by atoms with Gasteiger partial charge in [-0.05, 0) is 25.0 Å². The Bertz CT molecular complexity index is 641. The molecule has 2 rings (SSSR count). The molecule has 1 heterocycles. The summed E-state index contributed by atoms with van der Waals surface area (Å²) in [7, 11) is 0. The van der Waals surface area contributed by atoms with Crippen LogP contribution in [0.25, 0.3) is 0 Å². The van der Waals surface area contributed by atoms with Crippen LogP contribution >= 0.6 is 0 Å². The molecule has 0 atom stereocenters. The van der Waals surface area contributed by atoms with Crippen molar-refractivity contribution < 1.29 is 9.32 Å². The first-order valence-corrected chi connectivity index (χ1v) is 7.55. The van der Waals surface area contributed by atoms with E-state index in [0.717, 1.165) is 11.3 Å². The predicted molar refractivity (Wildman–Crippen MR) is 85.7 cm³/mol. The van der Waals surface area contributed by atoms with E-state index in [4.69, 9.17) is 4.52 Å². The molecule has 0 saturated carbocycles. The highest BCUT2D eigenvalue weighted by Gasteiger charge is 2.20. The molecule has 1 aromatic heterocycles. The highest BCUT2D eigenvalue weighted by molar-refractivity contribution is 5.91. The number of para-hydroxylation sites is 1. The van der Waals surface area contributed by atoms with E-state index in [9.17, 15) is 4.79 Å². The van der Waals surface area contributed by atoms with Gasteiger partial charge in [-0.2, -0.15) is 4.98 Å². The fraction of sp³-hybridized carbons (Fsp3) is 0.471. The Morgan fingerprint density at radius 3 is 2.64 bits per heavy atom. The van der Waals surface area contributed by atoms with E-state index >= 15 is 0 Å². The summed E-state index contributed by atoms with van der Waals surface area (Å²) < 4.78 is 5.22. The van der Waals surface area contributed by atoms with Gasteiger partial charge in [-0.25, -0.2) is 0 Å². The summed E-state index contributed by atoms with van der Waals surface area (Å²) in [5.41, 5.74) is 1.80. The second kappa shape index (κ2) is 6.73. The number of hydrogen-bond donors (Lipinski definition) is 1. The van der Waals surface area contributed by atoms with E-state index in [2.05, 4.69) is 15.5 Å². The van der Waals surface area contributed by atoms with Crippen molar-refractivity contribution in [3.63, 3.8) is 0 Å². The molecule has 1 N–H and O–H groups in total. The van der Waals surface area contributed by atoms with Crippen molar-refractivity contribution in [1.82, 2.24) is 10.1 Å². The van der Waals surface area contributed by atoms with Gasteiger partial charge in [-0.3, -0.25) is 4.79 Å². The van der Waals surface area contributed by atoms with Crippen molar-refractivity contribution in [3.8, 4) is 0 Å². The number of aryl methyl sites for hydroxylation is 2. The molecule has 1 aromatic carbocycles. The zero-order chi connectivity index (χ0) is 16.2. The lowest BCUT2D eigenvalue weighted by Gasteiger charge is -2.10. The second-order valence-electron chi connectivity index (χ2n) is 6.48. The van der Waals surface area contributed by atoms with Gasteiger partial charge in [0.25, 0.3) is 0 Å². The van der Waals surface area contributed by atoms with Gasteiger partial charge in [-0.1, -0.05) is 44.1 Å². The number of benzene rings is 1. The van der Waals surface area contributed by atoms with Crippen LogP contribution in [0.1, 0.15) is 50.9 Å². The Morgan fingerprint density at radius 2 is 2.00 bits per heavy atom. The van der Waals surface area contributed by atoms with Gasteiger partial charge in [-0.15, -0.1) is 0 Å². The topological polar surface area (TPSA) is 68.0 Å². The number of carbonyl (C=O) groups excluding carboxylic acids is 1. The summed E-state index contributed by atoms with van der Waals surface area (Å²) in [5, 5.41) is 6.90. The van der Waals surface area contributed by atoms with Crippen molar-refractivity contribution in [2.24, 2.45) is 0 Å². The highest BCUT2D eigenvalue weighted by atomic mass is 16.5. The molecular weight excluding hydrogens is 278 g/mol. The molecule has 5 nitrogen and oxygen atoms in total. The van der Waals surface area contributed by atoms with Crippen LogP contribution < -0.4 is 5.32 Å². The van der Waals surface area contributed by atoms with Gasteiger partial charge < -0.3 is 9.84 Å². The maximum Gasteiger partial charge on any atom is 0.226 e. The van der Waals surface area contributed by atoms with Crippen LogP contribution in [-0.4, -0.2) is 16.0 Å². The van der Waals surface area contributed by atoms with E-state index in [0.29, 0.717) is 31.0 Å². The zero-order valence-corrected chi connectivity index (χ0v) is 13.6. The molecule has 0 bridgehead atoms. The molecule has 22 heavy (non-hydrogen) atoms. The molecule has 0 aliphatic carbocycles. The number of nitrogens with one attached hydrogen (secondary N) is 1. The summed E-state index contributed by atoms with van der Waals surface area (Å²) >= 11 is 0. The number of aromatic nitrogens is 2. The lowest BCUT2D eigenvalue weighted by atomic mass is 9.96. The fourth-order valence-corrected chi connectivity index (χ4v) is 1.99. The normalized spacial score (nSPS) is 11.5. The van der Waals surface area contributed by atoms with Crippen LogP contribution in [0.3, 0.4) is 0 Å². The summed E-state index contributed by atoms with van der Waals surface area (Å²) in [5.74, 6) is 1.30. The van der Waals surface area contributed by atoms with E-state index in [1.54, 1.807) is 0 Å². The molecule has 1 amide bonds. The molecule has 5 heteroatoms. The maximum atomic E-state index is 11.9. The molecule has 0 spiro atoms. The third kappa shape index (κ3) is 4.41. The molecular formula is C17H23N3O2.